The maximum Gasteiger partial charge on any atom is 0.0591 e. The van der Waals surface area contributed by atoms with E-state index in [4.69, 9.17) is 4.74 Å². The fourth-order valence-corrected chi connectivity index (χ4v) is 2.46. The number of ether oxygens (including phenoxy) is 1. The Morgan fingerprint density at radius 2 is 2.28 bits per heavy atom. The molecule has 1 heterocycles. The SMILES string of the molecule is C=CCCOCCNC(C)CC1CCCCCN1. The van der Waals surface area contributed by atoms with Crippen molar-refractivity contribution in [2.75, 3.05) is 26.3 Å². The van der Waals surface area contributed by atoms with Gasteiger partial charge in [0.25, 0.3) is 0 Å². The molecule has 0 amide bonds. The first-order chi connectivity index (χ1) is 8.83. The van der Waals surface area contributed by atoms with Gasteiger partial charge in [-0.2, -0.15) is 0 Å². The minimum atomic E-state index is 0.573. The second-order valence-electron chi connectivity index (χ2n) is 5.28. The van der Waals surface area contributed by atoms with Crippen LogP contribution in [0.3, 0.4) is 0 Å². The molecule has 0 bridgehead atoms. The smallest absolute Gasteiger partial charge is 0.0591 e. The zero-order valence-electron chi connectivity index (χ0n) is 11.9. The van der Waals surface area contributed by atoms with Crippen LogP contribution in [-0.2, 0) is 4.74 Å². The van der Waals surface area contributed by atoms with E-state index in [1.54, 1.807) is 0 Å². The lowest BCUT2D eigenvalue weighted by atomic mass is 10.0. The van der Waals surface area contributed by atoms with E-state index >= 15 is 0 Å². The number of hydrogen-bond acceptors (Lipinski definition) is 3. The van der Waals surface area contributed by atoms with E-state index in [2.05, 4.69) is 24.1 Å². The first kappa shape index (κ1) is 15.7. The summed E-state index contributed by atoms with van der Waals surface area (Å²) in [4.78, 5) is 0. The summed E-state index contributed by atoms with van der Waals surface area (Å²) in [7, 11) is 0. The Morgan fingerprint density at radius 1 is 1.39 bits per heavy atom. The topological polar surface area (TPSA) is 33.3 Å². The largest absolute Gasteiger partial charge is 0.380 e. The van der Waals surface area contributed by atoms with Crippen molar-refractivity contribution < 1.29 is 4.74 Å². The zero-order chi connectivity index (χ0) is 13.1. The molecule has 3 heteroatoms. The van der Waals surface area contributed by atoms with Crippen molar-refractivity contribution in [1.29, 1.82) is 0 Å². The van der Waals surface area contributed by atoms with E-state index in [0.717, 1.165) is 26.2 Å². The molecule has 2 N–H and O–H groups in total. The van der Waals surface area contributed by atoms with Gasteiger partial charge in [0.15, 0.2) is 0 Å². The zero-order valence-corrected chi connectivity index (χ0v) is 11.9. The van der Waals surface area contributed by atoms with Crippen LogP contribution in [0.5, 0.6) is 0 Å². The third-order valence-electron chi connectivity index (χ3n) is 3.51. The highest BCUT2D eigenvalue weighted by molar-refractivity contribution is 4.75. The Kier molecular flexibility index (Phi) is 9.17. The molecule has 0 aromatic carbocycles. The summed E-state index contributed by atoms with van der Waals surface area (Å²) in [6, 6.07) is 1.28. The van der Waals surface area contributed by atoms with Crippen molar-refractivity contribution >= 4 is 0 Å². The minimum Gasteiger partial charge on any atom is -0.380 e. The number of rotatable bonds is 9. The van der Waals surface area contributed by atoms with Crippen LogP contribution in [-0.4, -0.2) is 38.4 Å². The predicted molar refractivity (Wildman–Crippen MR) is 78.0 cm³/mol. The summed E-state index contributed by atoms with van der Waals surface area (Å²) in [5.74, 6) is 0. The van der Waals surface area contributed by atoms with Crippen LogP contribution < -0.4 is 10.6 Å². The van der Waals surface area contributed by atoms with Gasteiger partial charge in [-0.25, -0.2) is 0 Å². The van der Waals surface area contributed by atoms with Gasteiger partial charge in [0, 0.05) is 18.6 Å². The molecule has 3 nitrogen and oxygen atoms in total. The molecule has 0 aromatic heterocycles. The van der Waals surface area contributed by atoms with E-state index in [0.29, 0.717) is 12.1 Å². The Morgan fingerprint density at radius 3 is 3.11 bits per heavy atom. The quantitative estimate of drug-likeness (QED) is 0.490. The van der Waals surface area contributed by atoms with E-state index < -0.39 is 0 Å². The van der Waals surface area contributed by atoms with E-state index in [1.807, 2.05) is 6.08 Å². The molecule has 0 radical (unpaired) electrons. The van der Waals surface area contributed by atoms with Gasteiger partial charge in [0.05, 0.1) is 13.2 Å². The van der Waals surface area contributed by atoms with Crippen LogP contribution in [0.2, 0.25) is 0 Å². The van der Waals surface area contributed by atoms with E-state index in [9.17, 15) is 0 Å². The molecular formula is C15H30N2O. The molecule has 0 spiro atoms. The van der Waals surface area contributed by atoms with Crippen LogP contribution >= 0.6 is 0 Å². The minimum absolute atomic E-state index is 0.573. The van der Waals surface area contributed by atoms with Crippen molar-refractivity contribution in [1.82, 2.24) is 10.6 Å². The monoisotopic (exact) mass is 254 g/mol. The van der Waals surface area contributed by atoms with Crippen LogP contribution in [0.25, 0.3) is 0 Å². The number of nitrogens with one attached hydrogen (secondary N) is 2. The molecule has 1 aliphatic rings. The van der Waals surface area contributed by atoms with Gasteiger partial charge in [-0.15, -0.1) is 6.58 Å². The Labute approximate surface area is 112 Å². The molecule has 1 rings (SSSR count). The van der Waals surface area contributed by atoms with E-state index in [-0.39, 0.29) is 0 Å². The van der Waals surface area contributed by atoms with Crippen LogP contribution in [0.1, 0.15) is 45.4 Å². The summed E-state index contributed by atoms with van der Waals surface area (Å²) >= 11 is 0. The molecule has 0 aromatic rings. The van der Waals surface area contributed by atoms with Gasteiger partial charge < -0.3 is 15.4 Å². The highest BCUT2D eigenvalue weighted by atomic mass is 16.5. The average molecular weight is 254 g/mol. The van der Waals surface area contributed by atoms with Crippen LogP contribution in [0.15, 0.2) is 12.7 Å². The Hall–Kier alpha value is -0.380. The summed E-state index contributed by atoms with van der Waals surface area (Å²) in [6.45, 7) is 9.69. The predicted octanol–water partition coefficient (Wildman–Crippen LogP) is 2.48. The third kappa shape index (κ3) is 7.85. The normalized spacial score (nSPS) is 22.4. The lowest BCUT2D eigenvalue weighted by molar-refractivity contribution is 0.138. The molecule has 1 saturated heterocycles. The molecule has 2 atom stereocenters. The average Bonchev–Trinajstić information content (AvgIpc) is 2.62. The lowest BCUT2D eigenvalue weighted by Gasteiger charge is -2.21. The fraction of sp³-hybridized carbons (Fsp3) is 0.867. The molecular weight excluding hydrogens is 224 g/mol. The van der Waals surface area contributed by atoms with Crippen molar-refractivity contribution in [3.05, 3.63) is 12.7 Å². The summed E-state index contributed by atoms with van der Waals surface area (Å²) in [5.41, 5.74) is 0. The van der Waals surface area contributed by atoms with Gasteiger partial charge in [-0.1, -0.05) is 18.9 Å². The first-order valence-electron chi connectivity index (χ1n) is 7.48. The van der Waals surface area contributed by atoms with E-state index in [1.165, 1.54) is 38.6 Å². The molecule has 0 aliphatic carbocycles. The van der Waals surface area contributed by atoms with Gasteiger partial charge in [0.1, 0.15) is 0 Å². The molecule has 0 saturated carbocycles. The second kappa shape index (κ2) is 10.5. The van der Waals surface area contributed by atoms with Crippen LogP contribution in [0.4, 0.5) is 0 Å². The van der Waals surface area contributed by atoms with Crippen molar-refractivity contribution in [3.8, 4) is 0 Å². The van der Waals surface area contributed by atoms with Crippen molar-refractivity contribution in [3.63, 3.8) is 0 Å². The molecule has 18 heavy (non-hydrogen) atoms. The highest BCUT2D eigenvalue weighted by Gasteiger charge is 2.14. The maximum absolute atomic E-state index is 5.49. The summed E-state index contributed by atoms with van der Waals surface area (Å²) in [5, 5.41) is 7.18. The summed E-state index contributed by atoms with van der Waals surface area (Å²) in [6.07, 6.45) is 9.52. The lowest BCUT2D eigenvalue weighted by Crippen LogP contribution is -2.38. The highest BCUT2D eigenvalue weighted by Crippen LogP contribution is 2.12. The third-order valence-corrected chi connectivity index (χ3v) is 3.51. The summed E-state index contributed by atoms with van der Waals surface area (Å²) < 4.78 is 5.49. The Balaban J connectivity index is 1.98. The molecule has 1 aliphatic heterocycles. The second-order valence-corrected chi connectivity index (χ2v) is 5.28. The van der Waals surface area contributed by atoms with Crippen molar-refractivity contribution in [2.45, 2.75) is 57.5 Å². The number of hydrogen-bond donors (Lipinski definition) is 2. The standard InChI is InChI=1S/C15H30N2O/c1-3-4-11-18-12-10-16-14(2)13-15-8-6-5-7-9-17-15/h3,14-17H,1,4-13H2,2H3. The van der Waals surface area contributed by atoms with Gasteiger partial charge in [-0.05, 0) is 39.2 Å². The van der Waals surface area contributed by atoms with Gasteiger partial charge in [0.2, 0.25) is 0 Å². The van der Waals surface area contributed by atoms with Crippen LogP contribution in [0, 0.1) is 0 Å². The van der Waals surface area contributed by atoms with Gasteiger partial charge >= 0.3 is 0 Å². The molecule has 106 valence electrons. The van der Waals surface area contributed by atoms with Crippen molar-refractivity contribution in [2.24, 2.45) is 0 Å². The molecule has 1 fully saturated rings. The Bertz CT molecular complexity index is 201. The first-order valence-corrected chi connectivity index (χ1v) is 7.48. The fourth-order valence-electron chi connectivity index (χ4n) is 2.46. The maximum atomic E-state index is 5.49. The van der Waals surface area contributed by atoms with Gasteiger partial charge in [-0.3, -0.25) is 0 Å². The molecule has 2 unspecified atom stereocenters.